The lowest BCUT2D eigenvalue weighted by molar-refractivity contribution is -0.255. The molecule has 0 aliphatic carbocycles. The van der Waals surface area contributed by atoms with Gasteiger partial charge in [0.15, 0.2) is 5.88 Å². The smallest absolute Gasteiger partial charge is 0.279 e. The summed E-state index contributed by atoms with van der Waals surface area (Å²) < 4.78 is 29.0. The standard InChI is InChI=1S/C28H31N5O6S/c1-5-7-8-19(6-2)17-33-26(34)24(29-4)18(3)25(27(33)35)31-30-21-13-15-23(16-14-21)40(38,39)32-22-11-9-20(10-12-22)28(36)37/h9-16,19,32,34H,5-8,17H2,1-3H3,(H,36,37)/p-1. The number of unbranched alkanes of at least 4 members (excludes halogenated alkanes) is 1. The van der Waals surface area contributed by atoms with Crippen molar-refractivity contribution < 1.29 is 23.4 Å². The highest BCUT2D eigenvalue weighted by Crippen LogP contribution is 2.35. The second-order valence-corrected chi connectivity index (χ2v) is 10.9. The number of hydrogen-bond acceptors (Lipinski definition) is 8. The van der Waals surface area contributed by atoms with Crippen LogP contribution >= 0.6 is 0 Å². The molecule has 3 rings (SSSR count). The number of carbonyl (C=O) groups excluding carboxylic acids is 1. The number of nitrogens with zero attached hydrogens (tertiary/aromatic N) is 4. The zero-order valence-corrected chi connectivity index (χ0v) is 23.2. The Kier molecular flexibility index (Phi) is 9.79. The lowest BCUT2D eigenvalue weighted by atomic mass is 9.99. The largest absolute Gasteiger partial charge is 0.545 e. The molecule has 1 aromatic heterocycles. The molecule has 2 N–H and O–H groups in total. The van der Waals surface area contributed by atoms with E-state index in [4.69, 9.17) is 6.57 Å². The third-order valence-electron chi connectivity index (χ3n) is 6.51. The molecule has 12 heteroatoms. The van der Waals surface area contributed by atoms with Gasteiger partial charge in [-0.1, -0.05) is 45.2 Å². The van der Waals surface area contributed by atoms with E-state index in [9.17, 15) is 28.2 Å². The number of sulfonamides is 1. The van der Waals surface area contributed by atoms with Crippen LogP contribution in [-0.2, 0) is 16.6 Å². The Bertz CT molecular complexity index is 1610. The van der Waals surface area contributed by atoms with Crippen molar-refractivity contribution in [2.75, 3.05) is 4.72 Å². The number of hydrogen-bond donors (Lipinski definition) is 2. The molecule has 0 radical (unpaired) electrons. The number of carboxylic acids is 1. The summed E-state index contributed by atoms with van der Waals surface area (Å²) in [6.45, 7) is 13.4. The van der Waals surface area contributed by atoms with Gasteiger partial charge in [-0.15, -0.1) is 5.11 Å². The normalized spacial score (nSPS) is 12.2. The van der Waals surface area contributed by atoms with Crippen LogP contribution in [0.4, 0.5) is 22.7 Å². The fraction of sp³-hybridized carbons (Fsp3) is 0.321. The third kappa shape index (κ3) is 6.92. The molecule has 0 amide bonds. The second kappa shape index (κ2) is 13.0. The van der Waals surface area contributed by atoms with E-state index in [2.05, 4.69) is 26.7 Å². The first-order valence-electron chi connectivity index (χ1n) is 12.7. The molecule has 40 heavy (non-hydrogen) atoms. The van der Waals surface area contributed by atoms with E-state index in [0.717, 1.165) is 25.7 Å². The van der Waals surface area contributed by atoms with E-state index in [-0.39, 0.29) is 57.1 Å². The number of pyridine rings is 1. The molecule has 0 aliphatic rings. The lowest BCUT2D eigenvalue weighted by Gasteiger charge is -2.19. The van der Waals surface area contributed by atoms with Gasteiger partial charge in [0.25, 0.3) is 15.6 Å². The van der Waals surface area contributed by atoms with Crippen molar-refractivity contribution in [3.05, 3.63) is 81.4 Å². The van der Waals surface area contributed by atoms with Crippen LogP contribution in [-0.4, -0.2) is 24.1 Å². The van der Waals surface area contributed by atoms with E-state index in [1.54, 1.807) is 0 Å². The number of benzene rings is 2. The average molecular weight is 565 g/mol. The number of carbonyl (C=O) groups is 1. The minimum atomic E-state index is -3.98. The number of aromatic hydroxyl groups is 1. The highest BCUT2D eigenvalue weighted by Gasteiger charge is 2.21. The number of carboxylic acid groups (broad SMARTS) is 1. The van der Waals surface area contributed by atoms with Crippen molar-refractivity contribution in [2.24, 2.45) is 16.1 Å². The van der Waals surface area contributed by atoms with Crippen molar-refractivity contribution in [3.8, 4) is 5.88 Å². The Morgan fingerprint density at radius 3 is 2.33 bits per heavy atom. The van der Waals surface area contributed by atoms with Crippen LogP contribution < -0.4 is 15.4 Å². The molecule has 1 atom stereocenters. The molecule has 0 saturated carbocycles. The fourth-order valence-electron chi connectivity index (χ4n) is 4.08. The van der Waals surface area contributed by atoms with Crippen LogP contribution in [0.1, 0.15) is 55.5 Å². The van der Waals surface area contributed by atoms with Crippen LogP contribution in [0.25, 0.3) is 4.85 Å². The van der Waals surface area contributed by atoms with Crippen LogP contribution in [0.3, 0.4) is 0 Å². The van der Waals surface area contributed by atoms with Gasteiger partial charge in [0.2, 0.25) is 5.69 Å². The number of azo groups is 1. The molecule has 210 valence electrons. The molecule has 0 saturated heterocycles. The quantitative estimate of drug-likeness (QED) is 0.227. The summed E-state index contributed by atoms with van der Waals surface area (Å²) in [7, 11) is -3.98. The summed E-state index contributed by atoms with van der Waals surface area (Å²) in [6.07, 6.45) is 3.68. The minimum absolute atomic E-state index is 0.0703. The maximum Gasteiger partial charge on any atom is 0.279 e. The Morgan fingerprint density at radius 2 is 1.77 bits per heavy atom. The van der Waals surface area contributed by atoms with Crippen molar-refractivity contribution in [1.82, 2.24) is 4.57 Å². The molecule has 0 fully saturated rings. The summed E-state index contributed by atoms with van der Waals surface area (Å²) >= 11 is 0. The van der Waals surface area contributed by atoms with Crippen molar-refractivity contribution in [2.45, 2.75) is 57.9 Å². The first-order chi connectivity index (χ1) is 19.0. The van der Waals surface area contributed by atoms with Gasteiger partial charge in [-0.2, -0.15) is 5.11 Å². The molecule has 11 nitrogen and oxygen atoms in total. The van der Waals surface area contributed by atoms with E-state index < -0.39 is 21.6 Å². The summed E-state index contributed by atoms with van der Waals surface area (Å²) in [5.41, 5.74) is -0.163. The highest BCUT2D eigenvalue weighted by atomic mass is 32.2. The van der Waals surface area contributed by atoms with E-state index >= 15 is 0 Å². The van der Waals surface area contributed by atoms with Gasteiger partial charge in [-0.05, 0) is 66.8 Å². The average Bonchev–Trinajstić information content (AvgIpc) is 2.93. The number of aromatic nitrogens is 1. The summed E-state index contributed by atoms with van der Waals surface area (Å²) in [5.74, 6) is -1.62. The van der Waals surface area contributed by atoms with Gasteiger partial charge in [0, 0.05) is 12.2 Å². The Labute approximate surface area is 232 Å². The SMILES string of the molecule is [C-]#[N+]c1c(C)c(N=Nc2ccc(S(=O)(=O)Nc3ccc(C(=O)[O-])cc3)cc2)c(=O)n(CC(CC)CCCC)c1O. The van der Waals surface area contributed by atoms with Crippen LogP contribution in [0.5, 0.6) is 5.88 Å². The molecule has 0 bridgehead atoms. The number of rotatable bonds is 12. The van der Waals surface area contributed by atoms with Gasteiger partial charge in [0.05, 0.1) is 23.1 Å². The monoisotopic (exact) mass is 564 g/mol. The Balaban J connectivity index is 1.87. The van der Waals surface area contributed by atoms with Crippen LogP contribution in [0.15, 0.2) is 68.4 Å². The van der Waals surface area contributed by atoms with E-state index in [1.165, 1.54) is 60.0 Å². The zero-order chi connectivity index (χ0) is 29.4. The number of nitrogens with one attached hydrogen (secondary N) is 1. The number of aromatic carboxylic acids is 1. The topological polar surface area (TPSA) is 158 Å². The predicted octanol–water partition coefficient (Wildman–Crippen LogP) is 5.21. The molecule has 0 spiro atoms. The summed E-state index contributed by atoms with van der Waals surface area (Å²) in [4.78, 5) is 27.5. The Morgan fingerprint density at radius 1 is 1.12 bits per heavy atom. The molecule has 1 heterocycles. The van der Waals surface area contributed by atoms with Crippen LogP contribution in [0.2, 0.25) is 0 Å². The van der Waals surface area contributed by atoms with Gasteiger partial charge < -0.3 is 15.0 Å². The van der Waals surface area contributed by atoms with Crippen molar-refractivity contribution >= 4 is 38.7 Å². The molecule has 3 aromatic rings. The first-order valence-corrected chi connectivity index (χ1v) is 14.2. The van der Waals surface area contributed by atoms with Gasteiger partial charge in [0.1, 0.15) is 5.69 Å². The second-order valence-electron chi connectivity index (χ2n) is 9.25. The maximum atomic E-state index is 13.3. The first kappa shape index (κ1) is 30.0. The third-order valence-corrected chi connectivity index (χ3v) is 7.90. The summed E-state index contributed by atoms with van der Waals surface area (Å²) in [5, 5.41) is 29.7. The number of anilines is 1. The van der Waals surface area contributed by atoms with Crippen LogP contribution in [0, 0.1) is 19.4 Å². The van der Waals surface area contributed by atoms with Crippen molar-refractivity contribution in [1.29, 1.82) is 0 Å². The predicted molar refractivity (Wildman–Crippen MR) is 149 cm³/mol. The molecule has 2 aromatic carbocycles. The molecule has 0 aliphatic heterocycles. The highest BCUT2D eigenvalue weighted by molar-refractivity contribution is 7.92. The molecule has 1 unspecified atom stereocenters. The Hall–Kier alpha value is -4.50. The van der Waals surface area contributed by atoms with Gasteiger partial charge in [-0.3, -0.25) is 14.1 Å². The van der Waals surface area contributed by atoms with Crippen molar-refractivity contribution in [3.63, 3.8) is 0 Å². The van der Waals surface area contributed by atoms with E-state index in [1.807, 2.05) is 6.92 Å². The zero-order valence-electron chi connectivity index (χ0n) is 22.4. The molecular weight excluding hydrogens is 534 g/mol. The maximum absolute atomic E-state index is 13.3. The molecular formula is C28H30N5O6S-. The van der Waals surface area contributed by atoms with Gasteiger partial charge >= 0.3 is 0 Å². The van der Waals surface area contributed by atoms with E-state index in [0.29, 0.717) is 0 Å². The lowest BCUT2D eigenvalue weighted by Crippen LogP contribution is -2.24. The summed E-state index contributed by atoms with van der Waals surface area (Å²) in [6, 6.07) is 10.5. The van der Waals surface area contributed by atoms with Gasteiger partial charge in [-0.25, -0.2) is 13.3 Å². The minimum Gasteiger partial charge on any atom is -0.545 e. The fourth-order valence-corrected chi connectivity index (χ4v) is 5.14.